The quantitative estimate of drug-likeness (QED) is 0.883. The molecule has 0 bridgehead atoms. The van der Waals surface area contributed by atoms with Gasteiger partial charge in [0.2, 0.25) is 5.91 Å². The molecule has 124 valence electrons. The second-order valence-electron chi connectivity index (χ2n) is 5.84. The van der Waals surface area contributed by atoms with E-state index in [2.05, 4.69) is 20.6 Å². The van der Waals surface area contributed by atoms with Crippen LogP contribution in [0.3, 0.4) is 0 Å². The van der Waals surface area contributed by atoms with Crippen LogP contribution in [0.25, 0.3) is 0 Å². The van der Waals surface area contributed by atoms with E-state index in [9.17, 15) is 9.59 Å². The number of carbonyl (C=O) groups is 2. The molecule has 7 nitrogen and oxygen atoms in total. The number of rotatable bonds is 4. The van der Waals surface area contributed by atoms with Crippen LogP contribution < -0.4 is 15.5 Å². The molecule has 7 heteroatoms. The van der Waals surface area contributed by atoms with Gasteiger partial charge in [-0.15, -0.1) is 0 Å². The number of aromatic nitrogens is 2. The molecule has 0 aromatic carbocycles. The summed E-state index contributed by atoms with van der Waals surface area (Å²) < 4.78 is 0. The van der Waals surface area contributed by atoms with Gasteiger partial charge in [0.1, 0.15) is 5.82 Å². The fourth-order valence-electron chi connectivity index (χ4n) is 2.61. The predicted molar refractivity (Wildman–Crippen MR) is 91.0 cm³/mol. The fraction of sp³-hybridized carbons (Fsp3) is 0.294. The molecule has 1 unspecified atom stereocenters. The number of likely N-dealkylation sites (N-methyl/N-ethyl adjacent to an activating group) is 1. The fourth-order valence-corrected chi connectivity index (χ4v) is 2.61. The number of nitrogens with one attached hydrogen (secondary N) is 2. The molecule has 2 aromatic heterocycles. The average Bonchev–Trinajstić information content (AvgIpc) is 2.58. The highest BCUT2D eigenvalue weighted by atomic mass is 16.2. The van der Waals surface area contributed by atoms with Gasteiger partial charge < -0.3 is 15.5 Å². The minimum atomic E-state index is -0.215. The van der Waals surface area contributed by atoms with E-state index in [1.165, 1.54) is 11.1 Å². The lowest BCUT2D eigenvalue weighted by molar-refractivity contribution is -0.116. The van der Waals surface area contributed by atoms with Gasteiger partial charge in [0.25, 0.3) is 5.91 Å². The third kappa shape index (κ3) is 3.34. The molecule has 24 heavy (non-hydrogen) atoms. The maximum atomic E-state index is 12.4. The largest absolute Gasteiger partial charge is 0.359 e. The molecule has 2 aromatic rings. The van der Waals surface area contributed by atoms with Crippen LogP contribution in [-0.4, -0.2) is 41.4 Å². The molecule has 2 amide bonds. The number of pyridine rings is 2. The second kappa shape index (κ2) is 6.66. The summed E-state index contributed by atoms with van der Waals surface area (Å²) in [6.45, 7) is 2.15. The minimum Gasteiger partial charge on any atom is -0.359 e. The van der Waals surface area contributed by atoms with Crippen LogP contribution in [0.15, 0.2) is 36.8 Å². The average molecular weight is 325 g/mol. The molecule has 3 heterocycles. The van der Waals surface area contributed by atoms with Crippen molar-refractivity contribution in [3.8, 4) is 0 Å². The van der Waals surface area contributed by atoms with E-state index in [1.807, 2.05) is 19.1 Å². The summed E-state index contributed by atoms with van der Waals surface area (Å²) in [5, 5.41) is 5.89. The first-order chi connectivity index (χ1) is 11.5. The summed E-state index contributed by atoms with van der Waals surface area (Å²) in [6.07, 6.45) is 5.71. The lowest BCUT2D eigenvalue weighted by Gasteiger charge is -2.26. The predicted octanol–water partition coefficient (Wildman–Crippen LogP) is 1.23. The van der Waals surface area contributed by atoms with Gasteiger partial charge in [-0.1, -0.05) is 6.07 Å². The highest BCUT2D eigenvalue weighted by Gasteiger charge is 2.23. The van der Waals surface area contributed by atoms with E-state index < -0.39 is 0 Å². The summed E-state index contributed by atoms with van der Waals surface area (Å²) in [6, 6.07) is 5.48. The molecule has 0 spiro atoms. The Morgan fingerprint density at radius 1 is 1.46 bits per heavy atom. The first kappa shape index (κ1) is 15.9. The summed E-state index contributed by atoms with van der Waals surface area (Å²) in [7, 11) is 1.68. The zero-order valence-corrected chi connectivity index (χ0v) is 13.6. The molecular formula is C17H19N5O2. The van der Waals surface area contributed by atoms with Crippen molar-refractivity contribution < 1.29 is 9.59 Å². The van der Waals surface area contributed by atoms with Crippen LogP contribution >= 0.6 is 0 Å². The highest BCUT2D eigenvalue weighted by Crippen LogP contribution is 2.27. The van der Waals surface area contributed by atoms with Crippen molar-refractivity contribution in [1.29, 1.82) is 0 Å². The number of fused-ring (bicyclic) bond motifs is 1. The van der Waals surface area contributed by atoms with Crippen molar-refractivity contribution in [3.05, 3.63) is 47.9 Å². The number of nitrogens with zero attached hydrogens (tertiary/aromatic N) is 3. The molecule has 1 aliphatic heterocycles. The lowest BCUT2D eigenvalue weighted by atomic mass is 10.1. The number of anilines is 2. The lowest BCUT2D eigenvalue weighted by Crippen LogP contribution is -2.38. The molecule has 3 rings (SSSR count). The summed E-state index contributed by atoms with van der Waals surface area (Å²) in [4.78, 5) is 34.0. The van der Waals surface area contributed by atoms with Gasteiger partial charge >= 0.3 is 0 Å². The van der Waals surface area contributed by atoms with Crippen LogP contribution in [0.1, 0.15) is 22.8 Å². The molecule has 0 aliphatic carbocycles. The summed E-state index contributed by atoms with van der Waals surface area (Å²) in [5.74, 6) is 0.331. The highest BCUT2D eigenvalue weighted by molar-refractivity contribution is 6.03. The SMILES string of the molecule is CC(Cc1cccnc1)NC(=O)c1cnc2c(c1)N(C)C(=O)CN2. The van der Waals surface area contributed by atoms with E-state index in [0.717, 1.165) is 5.56 Å². The van der Waals surface area contributed by atoms with Gasteiger partial charge in [-0.25, -0.2) is 4.98 Å². The van der Waals surface area contributed by atoms with E-state index in [4.69, 9.17) is 0 Å². The Morgan fingerprint density at radius 3 is 3.04 bits per heavy atom. The monoisotopic (exact) mass is 325 g/mol. The zero-order chi connectivity index (χ0) is 17.1. The van der Waals surface area contributed by atoms with E-state index in [1.54, 1.807) is 25.5 Å². The van der Waals surface area contributed by atoms with Crippen molar-refractivity contribution in [1.82, 2.24) is 15.3 Å². The van der Waals surface area contributed by atoms with Crippen LogP contribution in [0, 0.1) is 0 Å². The number of amides is 2. The molecule has 0 saturated carbocycles. The third-order valence-electron chi connectivity index (χ3n) is 3.91. The molecular weight excluding hydrogens is 306 g/mol. The Kier molecular flexibility index (Phi) is 4.41. The van der Waals surface area contributed by atoms with Crippen molar-refractivity contribution in [2.24, 2.45) is 0 Å². The van der Waals surface area contributed by atoms with Gasteiger partial charge in [0.15, 0.2) is 0 Å². The number of hydrogen-bond donors (Lipinski definition) is 2. The van der Waals surface area contributed by atoms with Crippen molar-refractivity contribution in [3.63, 3.8) is 0 Å². The molecule has 0 fully saturated rings. The van der Waals surface area contributed by atoms with Crippen molar-refractivity contribution in [2.45, 2.75) is 19.4 Å². The minimum absolute atomic E-state index is 0.0461. The zero-order valence-electron chi connectivity index (χ0n) is 13.6. The smallest absolute Gasteiger partial charge is 0.253 e. The number of hydrogen-bond acceptors (Lipinski definition) is 5. The van der Waals surface area contributed by atoms with E-state index >= 15 is 0 Å². The van der Waals surface area contributed by atoms with Crippen LogP contribution in [0.5, 0.6) is 0 Å². The molecule has 2 N–H and O–H groups in total. The first-order valence-corrected chi connectivity index (χ1v) is 7.75. The first-order valence-electron chi connectivity index (χ1n) is 7.75. The van der Waals surface area contributed by atoms with Gasteiger partial charge in [-0.05, 0) is 31.0 Å². The van der Waals surface area contributed by atoms with Gasteiger partial charge in [-0.2, -0.15) is 0 Å². The Labute approximate surface area is 140 Å². The summed E-state index contributed by atoms with van der Waals surface area (Å²) in [5.41, 5.74) is 2.09. The van der Waals surface area contributed by atoms with Gasteiger partial charge in [0, 0.05) is 31.7 Å². The molecule has 1 aliphatic rings. The van der Waals surface area contributed by atoms with Crippen LogP contribution in [-0.2, 0) is 11.2 Å². The Morgan fingerprint density at radius 2 is 2.29 bits per heavy atom. The standard InChI is InChI=1S/C17H19N5O2/c1-11(6-12-4-3-5-18-8-12)21-17(24)13-7-14-16(19-9-13)20-10-15(23)22(14)2/h3-5,7-9,11H,6,10H2,1-2H3,(H,19,20)(H,21,24). The normalized spacial score (nSPS) is 14.6. The topological polar surface area (TPSA) is 87.2 Å². The summed E-state index contributed by atoms with van der Waals surface area (Å²) >= 11 is 0. The maximum Gasteiger partial charge on any atom is 0.253 e. The van der Waals surface area contributed by atoms with E-state index in [-0.39, 0.29) is 24.4 Å². The Balaban J connectivity index is 1.70. The maximum absolute atomic E-state index is 12.4. The van der Waals surface area contributed by atoms with Crippen molar-refractivity contribution >= 4 is 23.3 Å². The van der Waals surface area contributed by atoms with Crippen LogP contribution in [0.2, 0.25) is 0 Å². The van der Waals surface area contributed by atoms with Gasteiger partial charge in [-0.3, -0.25) is 14.6 Å². The molecule has 1 atom stereocenters. The number of carbonyl (C=O) groups excluding carboxylic acids is 2. The second-order valence-corrected chi connectivity index (χ2v) is 5.84. The Hall–Kier alpha value is -2.96. The van der Waals surface area contributed by atoms with E-state index in [0.29, 0.717) is 23.5 Å². The van der Waals surface area contributed by atoms with Gasteiger partial charge in [0.05, 0.1) is 17.8 Å². The Bertz CT molecular complexity index is 763. The molecule has 0 saturated heterocycles. The van der Waals surface area contributed by atoms with Crippen molar-refractivity contribution in [2.75, 3.05) is 23.8 Å². The van der Waals surface area contributed by atoms with Crippen LogP contribution in [0.4, 0.5) is 11.5 Å². The third-order valence-corrected chi connectivity index (χ3v) is 3.91. The molecule has 0 radical (unpaired) electrons.